The van der Waals surface area contributed by atoms with Crippen molar-refractivity contribution >= 4 is 17.7 Å². The summed E-state index contributed by atoms with van der Waals surface area (Å²) in [5.74, 6) is 3.35. The van der Waals surface area contributed by atoms with Crippen molar-refractivity contribution in [2.24, 2.45) is 46.3 Å². The van der Waals surface area contributed by atoms with Crippen molar-refractivity contribution in [1.29, 1.82) is 0 Å². The molecule has 8 unspecified atom stereocenters. The number of rotatable bonds is 5. The molecule has 5 saturated carbocycles. The molecule has 0 N–H and O–H groups in total. The van der Waals surface area contributed by atoms with Crippen LogP contribution < -0.4 is 0 Å². The summed E-state index contributed by atoms with van der Waals surface area (Å²) >= 11 is 0. The molecule has 4 bridgehead atoms. The van der Waals surface area contributed by atoms with Crippen molar-refractivity contribution in [2.45, 2.75) is 78.2 Å². The van der Waals surface area contributed by atoms with E-state index in [1.807, 2.05) is 20.8 Å². The third kappa shape index (κ3) is 2.75. The van der Waals surface area contributed by atoms with Crippen molar-refractivity contribution in [1.82, 2.24) is 0 Å². The summed E-state index contributed by atoms with van der Waals surface area (Å²) in [6, 6.07) is 0. The van der Waals surface area contributed by atoms with Crippen LogP contribution in [-0.4, -0.2) is 30.4 Å². The van der Waals surface area contributed by atoms with E-state index in [9.17, 15) is 14.4 Å². The van der Waals surface area contributed by atoms with Gasteiger partial charge in [-0.3, -0.25) is 9.59 Å². The Hall–Kier alpha value is -1.39. The molecule has 5 aliphatic carbocycles. The van der Waals surface area contributed by atoms with Crippen LogP contribution in [0.1, 0.15) is 72.1 Å². The first-order chi connectivity index (χ1) is 13.8. The van der Waals surface area contributed by atoms with Crippen LogP contribution >= 0.6 is 0 Å². The highest BCUT2D eigenvalue weighted by atomic mass is 16.6. The fraction of sp³-hybridized carbons (Fsp3) is 0.875. The Balaban J connectivity index is 1.22. The van der Waals surface area contributed by atoms with Crippen molar-refractivity contribution in [3.8, 4) is 0 Å². The van der Waals surface area contributed by atoms with Crippen LogP contribution in [0.15, 0.2) is 0 Å². The number of carbonyl (C=O) groups excluding carboxylic acids is 3. The standard InChI is InChI=1S/C24H34O5/c1-4-23(2,3)22(27)28-12-19(26)29-17-10-13-8-15(17)21-16-9-14(20(13)21)11-24(16)7-5-6-18(24)25/h13-17,20-21H,4-12H2,1-3H3. The minimum absolute atomic E-state index is 0.0356. The summed E-state index contributed by atoms with van der Waals surface area (Å²) in [4.78, 5) is 37.3. The van der Waals surface area contributed by atoms with Crippen molar-refractivity contribution in [3.63, 3.8) is 0 Å². The monoisotopic (exact) mass is 402 g/mol. The van der Waals surface area contributed by atoms with Crippen LogP contribution in [0.4, 0.5) is 0 Å². The second kappa shape index (κ2) is 6.55. The minimum atomic E-state index is -0.578. The van der Waals surface area contributed by atoms with E-state index in [4.69, 9.17) is 9.47 Å². The van der Waals surface area contributed by atoms with Crippen LogP contribution in [0.5, 0.6) is 0 Å². The molecular weight excluding hydrogens is 368 g/mol. The van der Waals surface area contributed by atoms with E-state index in [2.05, 4.69) is 0 Å². The van der Waals surface area contributed by atoms with E-state index in [1.54, 1.807) is 0 Å². The number of hydrogen-bond donors (Lipinski definition) is 0. The first-order valence-electron chi connectivity index (χ1n) is 11.7. The molecule has 0 aromatic heterocycles. The van der Waals surface area contributed by atoms with E-state index in [0.717, 1.165) is 50.4 Å². The van der Waals surface area contributed by atoms with Gasteiger partial charge in [0.1, 0.15) is 11.9 Å². The summed E-state index contributed by atoms with van der Waals surface area (Å²) in [6.07, 6.45) is 7.98. The van der Waals surface area contributed by atoms with Crippen molar-refractivity contribution in [3.05, 3.63) is 0 Å². The van der Waals surface area contributed by atoms with Crippen molar-refractivity contribution < 1.29 is 23.9 Å². The maximum absolute atomic E-state index is 12.8. The second-order valence-electron chi connectivity index (χ2n) is 11.1. The number of carbonyl (C=O) groups is 3. The molecule has 0 heterocycles. The Morgan fingerprint density at radius 1 is 1.14 bits per heavy atom. The van der Waals surface area contributed by atoms with E-state index in [-0.39, 0.29) is 24.1 Å². The van der Waals surface area contributed by atoms with Gasteiger partial charge in [0.2, 0.25) is 0 Å². The van der Waals surface area contributed by atoms with E-state index < -0.39 is 11.4 Å². The molecule has 0 radical (unpaired) electrons. The number of hydrogen-bond acceptors (Lipinski definition) is 5. The summed E-state index contributed by atoms with van der Waals surface area (Å²) in [7, 11) is 0. The lowest BCUT2D eigenvalue weighted by molar-refractivity contribution is -0.170. The number of ether oxygens (including phenoxy) is 2. The van der Waals surface area contributed by atoms with Gasteiger partial charge in [0.15, 0.2) is 6.61 Å². The molecule has 5 aliphatic rings. The van der Waals surface area contributed by atoms with Gasteiger partial charge in [-0.05, 0) is 94.3 Å². The molecule has 0 aliphatic heterocycles. The fourth-order valence-electron chi connectivity index (χ4n) is 8.09. The maximum Gasteiger partial charge on any atom is 0.344 e. The van der Waals surface area contributed by atoms with Gasteiger partial charge < -0.3 is 9.47 Å². The Kier molecular flexibility index (Phi) is 4.42. The minimum Gasteiger partial charge on any atom is -0.460 e. The topological polar surface area (TPSA) is 69.7 Å². The summed E-state index contributed by atoms with van der Waals surface area (Å²) in [5.41, 5.74) is -0.614. The highest BCUT2D eigenvalue weighted by molar-refractivity contribution is 5.87. The smallest absolute Gasteiger partial charge is 0.344 e. The number of fused-ring (bicyclic) bond motifs is 10. The van der Waals surface area contributed by atoms with E-state index >= 15 is 0 Å². The second-order valence-corrected chi connectivity index (χ2v) is 11.1. The zero-order valence-corrected chi connectivity index (χ0v) is 17.9. The molecule has 160 valence electrons. The van der Waals surface area contributed by atoms with Gasteiger partial charge in [0.05, 0.1) is 5.41 Å². The van der Waals surface area contributed by atoms with E-state index in [1.165, 1.54) is 6.42 Å². The zero-order chi connectivity index (χ0) is 20.6. The Bertz CT molecular complexity index is 742. The molecule has 0 aromatic rings. The van der Waals surface area contributed by atoms with Crippen LogP contribution in [0.25, 0.3) is 0 Å². The average Bonchev–Trinajstić information content (AvgIpc) is 3.47. The molecule has 5 fully saturated rings. The highest BCUT2D eigenvalue weighted by Gasteiger charge is 2.71. The third-order valence-electron chi connectivity index (χ3n) is 9.59. The quantitative estimate of drug-likeness (QED) is 0.515. The maximum atomic E-state index is 12.8. The van der Waals surface area contributed by atoms with Gasteiger partial charge in [-0.25, -0.2) is 4.79 Å². The average molecular weight is 403 g/mol. The first kappa shape index (κ1) is 19.6. The predicted molar refractivity (Wildman–Crippen MR) is 106 cm³/mol. The summed E-state index contributed by atoms with van der Waals surface area (Å²) in [6.45, 7) is 5.29. The van der Waals surface area contributed by atoms with Crippen molar-refractivity contribution in [2.75, 3.05) is 6.61 Å². The van der Waals surface area contributed by atoms with Gasteiger partial charge in [-0.15, -0.1) is 0 Å². The number of Topliss-reactive ketones (excluding diaryl/α,β-unsaturated/α-hetero) is 1. The molecule has 5 heteroatoms. The molecule has 5 nitrogen and oxygen atoms in total. The first-order valence-corrected chi connectivity index (χ1v) is 11.7. The van der Waals surface area contributed by atoms with Crippen LogP contribution in [0.3, 0.4) is 0 Å². The molecule has 29 heavy (non-hydrogen) atoms. The third-order valence-corrected chi connectivity index (χ3v) is 9.59. The lowest BCUT2D eigenvalue weighted by Crippen LogP contribution is -2.46. The predicted octanol–water partition coefficient (Wildman–Crippen LogP) is 3.93. The molecule has 0 saturated heterocycles. The van der Waals surface area contributed by atoms with Gasteiger partial charge >= 0.3 is 11.9 Å². The normalized spacial score (nSPS) is 44.5. The molecule has 0 amide bonds. The fourth-order valence-corrected chi connectivity index (χ4v) is 8.09. The molecule has 5 rings (SSSR count). The van der Waals surface area contributed by atoms with Crippen LogP contribution in [0.2, 0.25) is 0 Å². The molecule has 0 aromatic carbocycles. The van der Waals surface area contributed by atoms with Gasteiger partial charge in [0, 0.05) is 11.8 Å². The lowest BCUT2D eigenvalue weighted by atomic mass is 9.59. The number of ketones is 1. The SMILES string of the molecule is CCC(C)(C)C(=O)OCC(=O)OC1CC2CC1C1C2C2CC1C1(CCCC1=O)C2. The Labute approximate surface area is 173 Å². The molecule has 8 atom stereocenters. The molecular formula is C24H34O5. The Morgan fingerprint density at radius 2 is 1.93 bits per heavy atom. The Morgan fingerprint density at radius 3 is 2.62 bits per heavy atom. The summed E-state index contributed by atoms with van der Waals surface area (Å²) < 4.78 is 11.1. The van der Waals surface area contributed by atoms with Gasteiger partial charge in [-0.2, -0.15) is 0 Å². The lowest BCUT2D eigenvalue weighted by Gasteiger charge is -2.45. The number of esters is 2. The highest BCUT2D eigenvalue weighted by Crippen LogP contribution is 2.74. The van der Waals surface area contributed by atoms with E-state index in [0.29, 0.717) is 35.9 Å². The zero-order valence-electron chi connectivity index (χ0n) is 17.9. The van der Waals surface area contributed by atoms with Crippen LogP contribution in [-0.2, 0) is 23.9 Å². The van der Waals surface area contributed by atoms with Gasteiger partial charge in [0.25, 0.3) is 0 Å². The largest absolute Gasteiger partial charge is 0.460 e. The van der Waals surface area contributed by atoms with Crippen LogP contribution in [0, 0.1) is 46.3 Å². The molecule has 1 spiro atoms. The van der Waals surface area contributed by atoms with Gasteiger partial charge in [-0.1, -0.05) is 6.92 Å². The summed E-state index contributed by atoms with van der Waals surface area (Å²) in [5, 5.41) is 0.